The maximum Gasteiger partial charge on any atom is 0.315 e. The molecule has 8 N–H and O–H groups in total. The summed E-state index contributed by atoms with van der Waals surface area (Å²) in [5.74, 6) is 0.816. The number of hydrogen-bond acceptors (Lipinski definition) is 11. The predicted molar refractivity (Wildman–Crippen MR) is 160 cm³/mol. The molecule has 2 heterocycles. The quantitative estimate of drug-likeness (QED) is 0.124. The zero-order chi connectivity index (χ0) is 32.8. The summed E-state index contributed by atoms with van der Waals surface area (Å²) in [6, 6.07) is 5.11. The fourth-order valence-electron chi connectivity index (χ4n) is 4.57. The molecule has 0 bridgehead atoms. The van der Waals surface area contributed by atoms with E-state index in [2.05, 4.69) is 25.6 Å². The molecule has 248 valence electrons. The number of aliphatic hydroxyl groups excluding tert-OH is 4. The Morgan fingerprint density at radius 3 is 2.50 bits per heavy atom. The predicted octanol–water partition coefficient (Wildman–Crippen LogP) is -0.383. The zero-order valence-corrected chi connectivity index (χ0v) is 26.6. The molecule has 0 unspecified atom stereocenters. The van der Waals surface area contributed by atoms with Gasteiger partial charge in [0.15, 0.2) is 0 Å². The van der Waals surface area contributed by atoms with Gasteiger partial charge in [-0.05, 0) is 49.9 Å². The molecule has 3 rings (SSSR count). The molecule has 5 atom stereocenters. The molecule has 0 spiro atoms. The summed E-state index contributed by atoms with van der Waals surface area (Å²) in [6.45, 7) is 9.18. The van der Waals surface area contributed by atoms with Gasteiger partial charge in [0.1, 0.15) is 36.8 Å². The lowest BCUT2D eigenvalue weighted by molar-refractivity contribution is -0.278. The highest BCUT2D eigenvalue weighted by atomic mass is 32.2. The largest absolute Gasteiger partial charge is 0.492 e. The van der Waals surface area contributed by atoms with Crippen LogP contribution < -0.4 is 24.8 Å². The van der Waals surface area contributed by atoms with Crippen molar-refractivity contribution in [3.63, 3.8) is 0 Å². The molecule has 1 fully saturated rings. The number of aliphatic hydroxyl groups is 4. The molecular weight excluding hydrogens is 598 g/mol. The number of nitrogens with zero attached hydrogens (tertiary/aromatic N) is 1. The molecule has 44 heavy (non-hydrogen) atoms. The summed E-state index contributed by atoms with van der Waals surface area (Å²) in [7, 11) is -3.38. The number of sulfonamides is 1. The minimum absolute atomic E-state index is 0.0419. The summed E-state index contributed by atoms with van der Waals surface area (Å²) in [4.78, 5) is 12.2. The van der Waals surface area contributed by atoms with Crippen LogP contribution in [0.15, 0.2) is 18.2 Å². The maximum atomic E-state index is 12.2. The Kier molecular flexibility index (Phi) is 12.0. The topological polar surface area (TPSA) is 225 Å². The van der Waals surface area contributed by atoms with E-state index in [1.807, 2.05) is 32.9 Å². The molecule has 2 amide bonds. The van der Waals surface area contributed by atoms with E-state index in [1.54, 1.807) is 19.9 Å². The Hall–Kier alpha value is -2.99. The van der Waals surface area contributed by atoms with Gasteiger partial charge in [-0.25, -0.2) is 17.9 Å². The highest BCUT2D eigenvalue weighted by Gasteiger charge is 2.45. The van der Waals surface area contributed by atoms with Gasteiger partial charge in [0.2, 0.25) is 22.2 Å². The highest BCUT2D eigenvalue weighted by molar-refractivity contribution is 7.88. The smallest absolute Gasteiger partial charge is 0.315 e. The van der Waals surface area contributed by atoms with E-state index < -0.39 is 58.9 Å². The summed E-state index contributed by atoms with van der Waals surface area (Å²) in [6.07, 6.45) is -5.66. The van der Waals surface area contributed by atoms with Crippen LogP contribution in [0.25, 0.3) is 0 Å². The number of H-pyrrole nitrogens is 1. The van der Waals surface area contributed by atoms with Crippen molar-refractivity contribution in [2.24, 2.45) is 0 Å². The normalized spacial score (nSPS) is 22.6. The molecule has 0 radical (unpaired) electrons. The number of ether oxygens (including phenoxy) is 3. The van der Waals surface area contributed by atoms with Crippen LogP contribution in [0.4, 0.5) is 4.79 Å². The van der Waals surface area contributed by atoms with Gasteiger partial charge in [-0.1, -0.05) is 19.9 Å². The number of carbonyl (C=O) groups excluding carboxylic acids is 1. The van der Waals surface area contributed by atoms with Crippen molar-refractivity contribution in [1.29, 1.82) is 0 Å². The molecule has 0 aliphatic carbocycles. The molecule has 1 aromatic carbocycles. The van der Waals surface area contributed by atoms with E-state index in [0.29, 0.717) is 12.2 Å². The standard InChI is InChI=1S/C28H45N5O10S/c1-15(2)21-19(25(33-32-21)43-26-24(37)23(36)22(35)20(13-34)42-26)12-17-7-8-18(11-16(17)3)41-10-9-29-27(38)31-28(4,5)14-30-44(6,39)40/h7-8,11,15,20,22-24,26,30,34-37H,9-10,12-14H2,1-6H3,(H,32,33)(H2,29,31,38)/t20-,22-,23+,24-,26+/m1/s1. The van der Waals surface area contributed by atoms with Crippen LogP contribution in [0, 0.1) is 6.92 Å². The maximum absolute atomic E-state index is 12.2. The van der Waals surface area contributed by atoms with Crippen molar-refractivity contribution in [3.8, 4) is 11.6 Å². The Balaban J connectivity index is 1.60. The minimum atomic E-state index is -3.38. The van der Waals surface area contributed by atoms with Crippen molar-refractivity contribution >= 4 is 16.1 Å². The second kappa shape index (κ2) is 14.9. The van der Waals surface area contributed by atoms with Gasteiger partial charge in [-0.2, -0.15) is 0 Å². The summed E-state index contributed by atoms with van der Waals surface area (Å²) in [5, 5.41) is 52.8. The lowest BCUT2D eigenvalue weighted by atomic mass is 9.96. The zero-order valence-electron chi connectivity index (χ0n) is 25.8. The van der Waals surface area contributed by atoms with Gasteiger partial charge in [0, 0.05) is 29.8 Å². The number of urea groups is 1. The first kappa shape index (κ1) is 35.5. The third kappa shape index (κ3) is 9.76. The number of aromatic amines is 1. The van der Waals surface area contributed by atoms with Crippen molar-refractivity contribution in [3.05, 3.63) is 40.6 Å². The Bertz CT molecular complexity index is 1360. The third-order valence-electron chi connectivity index (χ3n) is 7.08. The molecule has 16 heteroatoms. The number of rotatable bonds is 14. The van der Waals surface area contributed by atoms with E-state index in [1.165, 1.54) is 0 Å². The van der Waals surface area contributed by atoms with Crippen LogP contribution in [-0.4, -0.2) is 114 Å². The SMILES string of the molecule is Cc1cc(OCCNC(=O)NC(C)(C)CNS(C)(=O)=O)ccc1Cc1c(O[C@@H]2O[C@H](CO)[C@@H](O)[C@H](O)[C@H]2O)n[nH]c1C(C)C. The Labute approximate surface area is 257 Å². The number of carbonyl (C=O) groups is 1. The summed E-state index contributed by atoms with van der Waals surface area (Å²) >= 11 is 0. The molecule has 0 saturated carbocycles. The minimum Gasteiger partial charge on any atom is -0.492 e. The van der Waals surface area contributed by atoms with Crippen molar-refractivity contribution < 1.29 is 47.8 Å². The second-order valence-corrected chi connectivity index (χ2v) is 13.7. The van der Waals surface area contributed by atoms with Gasteiger partial charge in [0.05, 0.1) is 19.4 Å². The van der Waals surface area contributed by atoms with E-state index in [9.17, 15) is 33.6 Å². The fourth-order valence-corrected chi connectivity index (χ4v) is 5.19. The number of nitrogens with one attached hydrogen (secondary N) is 4. The fraction of sp³-hybridized carbons (Fsp3) is 0.643. The number of benzene rings is 1. The Morgan fingerprint density at radius 1 is 1.18 bits per heavy atom. The van der Waals surface area contributed by atoms with E-state index in [0.717, 1.165) is 28.6 Å². The lowest BCUT2D eigenvalue weighted by Gasteiger charge is -2.39. The third-order valence-corrected chi connectivity index (χ3v) is 7.75. The first-order valence-corrected chi connectivity index (χ1v) is 16.2. The van der Waals surface area contributed by atoms with Crippen LogP contribution in [0.1, 0.15) is 56.0 Å². The molecule has 1 aromatic heterocycles. The van der Waals surface area contributed by atoms with Crippen LogP contribution >= 0.6 is 0 Å². The van der Waals surface area contributed by atoms with Gasteiger partial charge in [-0.3, -0.25) is 5.10 Å². The summed E-state index contributed by atoms with van der Waals surface area (Å²) < 4.78 is 42.2. The average molecular weight is 644 g/mol. The van der Waals surface area contributed by atoms with Crippen LogP contribution in [0.3, 0.4) is 0 Å². The van der Waals surface area contributed by atoms with Crippen LogP contribution in [0.5, 0.6) is 11.6 Å². The van der Waals surface area contributed by atoms with Crippen molar-refractivity contribution in [2.75, 3.05) is 32.6 Å². The van der Waals surface area contributed by atoms with Gasteiger partial charge in [0.25, 0.3) is 0 Å². The second-order valence-electron chi connectivity index (χ2n) is 11.9. The molecule has 1 saturated heterocycles. The van der Waals surface area contributed by atoms with E-state index >= 15 is 0 Å². The highest BCUT2D eigenvalue weighted by Crippen LogP contribution is 2.32. The molecule has 1 aliphatic rings. The van der Waals surface area contributed by atoms with Crippen LogP contribution in [0.2, 0.25) is 0 Å². The van der Waals surface area contributed by atoms with E-state index in [-0.39, 0.29) is 31.5 Å². The van der Waals surface area contributed by atoms with Gasteiger partial charge in [-0.15, -0.1) is 5.10 Å². The summed E-state index contributed by atoms with van der Waals surface area (Å²) in [5.41, 5.74) is 2.60. The van der Waals surface area contributed by atoms with Crippen LogP contribution in [-0.2, 0) is 21.2 Å². The van der Waals surface area contributed by atoms with Gasteiger partial charge >= 0.3 is 6.03 Å². The first-order chi connectivity index (χ1) is 20.5. The van der Waals surface area contributed by atoms with Crippen molar-refractivity contribution in [1.82, 2.24) is 25.6 Å². The number of amides is 2. The molecular formula is C28H45N5O10S. The van der Waals surface area contributed by atoms with Gasteiger partial charge < -0.3 is 45.3 Å². The monoisotopic (exact) mass is 643 g/mol. The molecule has 15 nitrogen and oxygen atoms in total. The van der Waals surface area contributed by atoms with Crippen molar-refractivity contribution in [2.45, 2.75) is 83.2 Å². The first-order valence-electron chi connectivity index (χ1n) is 14.3. The Morgan fingerprint density at radius 2 is 1.89 bits per heavy atom. The molecule has 1 aliphatic heterocycles. The van der Waals surface area contributed by atoms with E-state index in [4.69, 9.17) is 14.2 Å². The average Bonchev–Trinajstić information content (AvgIpc) is 3.33. The number of aromatic nitrogens is 2. The molecule has 2 aromatic rings. The number of aryl methyl sites for hydroxylation is 1. The lowest BCUT2D eigenvalue weighted by Crippen LogP contribution is -2.60. The number of hydrogen-bond donors (Lipinski definition) is 8.